The van der Waals surface area contributed by atoms with E-state index in [1.165, 1.54) is 44.9 Å². The van der Waals surface area contributed by atoms with Gasteiger partial charge in [0.15, 0.2) is 5.82 Å². The van der Waals surface area contributed by atoms with Gasteiger partial charge in [-0.25, -0.2) is 4.68 Å². The monoisotopic (exact) mass is 393 g/mol. The number of aromatic nitrogens is 4. The van der Waals surface area contributed by atoms with E-state index >= 15 is 0 Å². The van der Waals surface area contributed by atoms with Gasteiger partial charge >= 0.3 is 0 Å². The highest BCUT2D eigenvalue weighted by Crippen LogP contribution is 2.30. The molecule has 2 saturated carbocycles. The van der Waals surface area contributed by atoms with Crippen LogP contribution < -0.4 is 0 Å². The number of hydrogen-bond donors (Lipinski definition) is 0. The van der Waals surface area contributed by atoms with Crippen molar-refractivity contribution in [2.24, 2.45) is 0 Å². The first-order chi connectivity index (χ1) is 13.2. The minimum absolute atomic E-state index is 0.226. The van der Waals surface area contributed by atoms with Gasteiger partial charge in [-0.3, -0.25) is 0 Å². The highest BCUT2D eigenvalue weighted by Gasteiger charge is 2.29. The number of tetrazole rings is 1. The topological polar surface area (TPSA) is 56.1 Å². The molecule has 3 rings (SSSR count). The van der Waals surface area contributed by atoms with Crippen molar-refractivity contribution in [3.8, 4) is 0 Å². The van der Waals surface area contributed by atoms with E-state index in [0.717, 1.165) is 49.5 Å². The highest BCUT2D eigenvalue weighted by molar-refractivity contribution is 7.80. The van der Waals surface area contributed by atoms with Gasteiger partial charge in [-0.15, -0.1) is 5.10 Å². The van der Waals surface area contributed by atoms with Crippen LogP contribution in [0.4, 0.5) is 0 Å². The summed E-state index contributed by atoms with van der Waals surface area (Å²) in [5.74, 6) is 0.979. The Balaban J connectivity index is 1.53. The zero-order chi connectivity index (χ0) is 19.1. The lowest BCUT2D eigenvalue weighted by Crippen LogP contribution is -2.40. The number of hydrogen-bond acceptors (Lipinski definition) is 5. The summed E-state index contributed by atoms with van der Waals surface area (Å²) < 4.78 is 7.72. The van der Waals surface area contributed by atoms with Gasteiger partial charge in [0, 0.05) is 26.1 Å². The van der Waals surface area contributed by atoms with Gasteiger partial charge in [0.25, 0.3) is 0 Å². The van der Waals surface area contributed by atoms with E-state index < -0.39 is 0 Å². The van der Waals surface area contributed by atoms with E-state index in [0.29, 0.717) is 6.04 Å². The molecule has 152 valence electrons. The van der Waals surface area contributed by atoms with Crippen molar-refractivity contribution in [2.75, 3.05) is 13.7 Å². The van der Waals surface area contributed by atoms with Gasteiger partial charge in [-0.05, 0) is 55.9 Å². The number of ether oxygens (including phenoxy) is 1. The molecule has 0 spiro atoms. The molecule has 2 aliphatic rings. The predicted octanol–water partition coefficient (Wildman–Crippen LogP) is 4.11. The smallest absolute Gasteiger partial charge is 0.151 e. The first-order valence-corrected chi connectivity index (χ1v) is 11.2. The first-order valence-electron chi connectivity index (χ1n) is 10.8. The molecule has 2 atom stereocenters. The molecule has 27 heavy (non-hydrogen) atoms. The number of methoxy groups -OCH3 is 1. The summed E-state index contributed by atoms with van der Waals surface area (Å²) in [5, 5.41) is 12.5. The maximum atomic E-state index is 5.79. The molecule has 2 unspecified atom stereocenters. The molecule has 1 aromatic rings. The van der Waals surface area contributed by atoms with Crippen LogP contribution in [0, 0.1) is 0 Å². The van der Waals surface area contributed by atoms with Gasteiger partial charge < -0.3 is 9.64 Å². The van der Waals surface area contributed by atoms with Crippen molar-refractivity contribution in [2.45, 2.75) is 102 Å². The molecule has 6 nitrogen and oxygen atoms in total. The first kappa shape index (κ1) is 20.6. The van der Waals surface area contributed by atoms with E-state index in [9.17, 15) is 0 Å². The second-order valence-electron chi connectivity index (χ2n) is 7.99. The SMILES string of the molecule is CCN(C(=S)CCCc1nnnn1C1CCCCC1OC)C1CCCCC1. The van der Waals surface area contributed by atoms with E-state index in [1.54, 1.807) is 7.11 Å². The Kier molecular flexibility index (Phi) is 8.00. The molecular formula is C20H35N5OS. The van der Waals surface area contributed by atoms with Crippen LogP contribution >= 0.6 is 12.2 Å². The van der Waals surface area contributed by atoms with Crippen LogP contribution in [-0.2, 0) is 11.2 Å². The predicted molar refractivity (Wildman–Crippen MR) is 111 cm³/mol. The molecule has 0 amide bonds. The van der Waals surface area contributed by atoms with E-state index in [1.807, 2.05) is 4.68 Å². The maximum Gasteiger partial charge on any atom is 0.151 e. The Morgan fingerprint density at radius 2 is 1.89 bits per heavy atom. The van der Waals surface area contributed by atoms with Crippen LogP contribution in [0.5, 0.6) is 0 Å². The fourth-order valence-electron chi connectivity index (χ4n) is 4.84. The quantitative estimate of drug-likeness (QED) is 0.620. The lowest BCUT2D eigenvalue weighted by atomic mass is 9.92. The van der Waals surface area contributed by atoms with Gasteiger partial charge in [-0.2, -0.15) is 0 Å². The minimum Gasteiger partial charge on any atom is -0.379 e. The Bertz CT molecular complexity index is 587. The molecular weight excluding hydrogens is 358 g/mol. The van der Waals surface area contributed by atoms with Crippen LogP contribution in [0.3, 0.4) is 0 Å². The summed E-state index contributed by atoms with van der Waals surface area (Å²) in [6.45, 7) is 3.26. The minimum atomic E-state index is 0.226. The van der Waals surface area contributed by atoms with E-state index in [-0.39, 0.29) is 12.1 Å². The lowest BCUT2D eigenvalue weighted by Gasteiger charge is -2.35. The normalized spacial score (nSPS) is 24.1. The largest absolute Gasteiger partial charge is 0.379 e. The molecule has 7 heteroatoms. The average Bonchev–Trinajstić information content (AvgIpc) is 3.17. The zero-order valence-corrected chi connectivity index (χ0v) is 17.8. The van der Waals surface area contributed by atoms with Gasteiger partial charge in [0.1, 0.15) is 0 Å². The van der Waals surface area contributed by atoms with Crippen LogP contribution in [-0.4, -0.2) is 55.9 Å². The van der Waals surface area contributed by atoms with Crippen LogP contribution in [0.2, 0.25) is 0 Å². The van der Waals surface area contributed by atoms with E-state index in [4.69, 9.17) is 17.0 Å². The molecule has 2 aliphatic carbocycles. The highest BCUT2D eigenvalue weighted by atomic mass is 32.1. The molecule has 0 saturated heterocycles. The zero-order valence-electron chi connectivity index (χ0n) is 17.0. The van der Waals surface area contributed by atoms with Crippen molar-refractivity contribution < 1.29 is 4.74 Å². The van der Waals surface area contributed by atoms with Crippen molar-refractivity contribution in [1.82, 2.24) is 25.1 Å². The number of nitrogens with zero attached hydrogens (tertiary/aromatic N) is 5. The second kappa shape index (κ2) is 10.5. The van der Waals surface area contributed by atoms with Gasteiger partial charge in [0.05, 0.1) is 17.1 Å². The summed E-state index contributed by atoms with van der Waals surface area (Å²) in [4.78, 5) is 3.59. The second-order valence-corrected chi connectivity index (χ2v) is 8.46. The van der Waals surface area contributed by atoms with E-state index in [2.05, 4.69) is 27.3 Å². The standard InChI is InChI=1S/C20H35N5OS/c1-3-24(16-10-5-4-6-11-16)20(27)15-9-14-19-21-22-23-25(19)17-12-7-8-13-18(17)26-2/h16-18H,3-15H2,1-2H3. The molecule has 0 N–H and O–H groups in total. The van der Waals surface area contributed by atoms with Crippen molar-refractivity contribution in [3.05, 3.63) is 5.82 Å². The number of thiocarbonyl (C=S) groups is 1. The summed E-state index contributed by atoms with van der Waals surface area (Å²) in [6, 6.07) is 0.932. The van der Waals surface area contributed by atoms with Crippen LogP contribution in [0.15, 0.2) is 0 Å². The lowest BCUT2D eigenvalue weighted by molar-refractivity contribution is 0.0227. The molecule has 1 aromatic heterocycles. The fraction of sp³-hybridized carbons (Fsp3) is 0.900. The van der Waals surface area contributed by atoms with Crippen molar-refractivity contribution in [1.29, 1.82) is 0 Å². The van der Waals surface area contributed by atoms with Crippen LogP contribution in [0.1, 0.15) is 89.4 Å². The van der Waals surface area contributed by atoms with Gasteiger partial charge in [-0.1, -0.05) is 44.3 Å². The van der Waals surface area contributed by atoms with Gasteiger partial charge in [0.2, 0.25) is 0 Å². The summed E-state index contributed by atoms with van der Waals surface area (Å²) in [5.41, 5.74) is 0. The Hall–Kier alpha value is -1.08. The third kappa shape index (κ3) is 5.25. The summed E-state index contributed by atoms with van der Waals surface area (Å²) in [7, 11) is 1.80. The fourth-order valence-corrected chi connectivity index (χ4v) is 5.26. The number of aryl methyl sites for hydroxylation is 1. The molecule has 0 bridgehead atoms. The Morgan fingerprint density at radius 3 is 2.63 bits per heavy atom. The maximum absolute atomic E-state index is 5.79. The van der Waals surface area contributed by atoms with Crippen molar-refractivity contribution in [3.63, 3.8) is 0 Å². The molecule has 0 aliphatic heterocycles. The molecule has 1 heterocycles. The molecule has 0 aromatic carbocycles. The Morgan fingerprint density at radius 1 is 1.15 bits per heavy atom. The van der Waals surface area contributed by atoms with Crippen molar-refractivity contribution >= 4 is 17.2 Å². The van der Waals surface area contributed by atoms with Crippen LogP contribution in [0.25, 0.3) is 0 Å². The third-order valence-electron chi connectivity index (χ3n) is 6.31. The summed E-state index contributed by atoms with van der Waals surface area (Å²) in [6.07, 6.45) is 14.4. The summed E-state index contributed by atoms with van der Waals surface area (Å²) >= 11 is 5.79. The average molecular weight is 394 g/mol. The molecule has 0 radical (unpaired) electrons. The third-order valence-corrected chi connectivity index (χ3v) is 6.75. The Labute approximate surface area is 169 Å². The molecule has 2 fully saturated rings. The number of rotatable bonds is 8.